The van der Waals surface area contributed by atoms with Gasteiger partial charge in [0.2, 0.25) is 11.0 Å². The van der Waals surface area contributed by atoms with Gasteiger partial charge in [-0.15, -0.1) is 10.2 Å². The van der Waals surface area contributed by atoms with E-state index in [-0.39, 0.29) is 5.91 Å². The molecule has 0 saturated heterocycles. The molecule has 1 fully saturated rings. The SMILES string of the molecule is CCCSc1nnc(NC(=O)C2(c3ccc(Cl)cc3)CC2)s1. The van der Waals surface area contributed by atoms with Crippen molar-refractivity contribution in [2.24, 2.45) is 0 Å². The number of halogens is 1. The second kappa shape index (κ2) is 6.56. The first-order valence-corrected chi connectivity index (χ1v) is 9.36. The Morgan fingerprint density at radius 2 is 2.09 bits per heavy atom. The van der Waals surface area contributed by atoms with Crippen molar-refractivity contribution in [1.82, 2.24) is 10.2 Å². The first-order chi connectivity index (χ1) is 10.6. The van der Waals surface area contributed by atoms with E-state index in [0.717, 1.165) is 34.9 Å². The molecule has 0 aliphatic heterocycles. The lowest BCUT2D eigenvalue weighted by Crippen LogP contribution is -2.27. The number of rotatable bonds is 6. The van der Waals surface area contributed by atoms with Crippen LogP contribution in [0.15, 0.2) is 28.6 Å². The average molecular weight is 354 g/mol. The molecule has 1 aromatic heterocycles. The van der Waals surface area contributed by atoms with Gasteiger partial charge in [0.15, 0.2) is 4.34 Å². The Kier molecular flexibility index (Phi) is 4.70. The van der Waals surface area contributed by atoms with E-state index in [1.165, 1.54) is 11.3 Å². The number of benzene rings is 1. The Morgan fingerprint density at radius 1 is 1.36 bits per heavy atom. The number of amides is 1. The standard InChI is InChI=1S/C15H16ClN3OS2/c1-2-9-21-14-19-18-13(22-14)17-12(20)15(7-8-15)10-3-5-11(16)6-4-10/h3-6H,2,7-9H2,1H3,(H,17,18,20). The highest BCUT2D eigenvalue weighted by molar-refractivity contribution is 8.01. The fourth-order valence-electron chi connectivity index (χ4n) is 2.27. The number of hydrogen-bond acceptors (Lipinski definition) is 5. The van der Waals surface area contributed by atoms with E-state index in [9.17, 15) is 4.79 Å². The number of anilines is 1. The number of aromatic nitrogens is 2. The molecule has 4 nitrogen and oxygen atoms in total. The van der Waals surface area contributed by atoms with Gasteiger partial charge in [-0.1, -0.05) is 53.8 Å². The number of nitrogens with zero attached hydrogens (tertiary/aromatic N) is 2. The summed E-state index contributed by atoms with van der Waals surface area (Å²) < 4.78 is 0.897. The van der Waals surface area contributed by atoms with Crippen LogP contribution in [0.4, 0.5) is 5.13 Å². The molecule has 1 saturated carbocycles. The monoisotopic (exact) mass is 353 g/mol. The van der Waals surface area contributed by atoms with Crippen LogP contribution in [0.25, 0.3) is 0 Å². The van der Waals surface area contributed by atoms with Crippen LogP contribution in [0.3, 0.4) is 0 Å². The summed E-state index contributed by atoms with van der Waals surface area (Å²) in [5.74, 6) is 1.01. The van der Waals surface area contributed by atoms with E-state index in [1.54, 1.807) is 11.8 Å². The smallest absolute Gasteiger partial charge is 0.236 e. The van der Waals surface area contributed by atoms with Gasteiger partial charge < -0.3 is 0 Å². The molecular formula is C15H16ClN3OS2. The molecule has 1 amide bonds. The predicted octanol–water partition coefficient (Wildman–Crippen LogP) is 4.36. The zero-order chi connectivity index (χ0) is 15.6. The molecule has 1 aliphatic rings. The number of carbonyl (C=O) groups excluding carboxylic acids is 1. The van der Waals surface area contributed by atoms with Crippen molar-refractivity contribution < 1.29 is 4.79 Å². The van der Waals surface area contributed by atoms with Crippen LogP contribution in [0, 0.1) is 0 Å². The first kappa shape index (κ1) is 15.8. The molecular weight excluding hydrogens is 338 g/mol. The number of nitrogens with one attached hydrogen (secondary N) is 1. The van der Waals surface area contributed by atoms with Gasteiger partial charge in [0, 0.05) is 10.8 Å². The Morgan fingerprint density at radius 3 is 2.73 bits per heavy atom. The van der Waals surface area contributed by atoms with Crippen LogP contribution in [-0.2, 0) is 10.2 Å². The maximum Gasteiger partial charge on any atom is 0.236 e. The normalized spacial score (nSPS) is 15.5. The molecule has 3 rings (SSSR count). The van der Waals surface area contributed by atoms with E-state index in [0.29, 0.717) is 10.2 Å². The highest BCUT2D eigenvalue weighted by Crippen LogP contribution is 2.49. The lowest BCUT2D eigenvalue weighted by molar-refractivity contribution is -0.118. The van der Waals surface area contributed by atoms with Gasteiger partial charge >= 0.3 is 0 Å². The minimum absolute atomic E-state index is 0.00184. The summed E-state index contributed by atoms with van der Waals surface area (Å²) in [6, 6.07) is 7.51. The molecule has 0 atom stereocenters. The molecule has 2 aromatic rings. The van der Waals surface area contributed by atoms with Crippen molar-refractivity contribution in [2.45, 2.75) is 35.9 Å². The number of hydrogen-bond donors (Lipinski definition) is 1. The van der Waals surface area contributed by atoms with E-state index in [2.05, 4.69) is 22.4 Å². The van der Waals surface area contributed by atoms with Gasteiger partial charge in [0.1, 0.15) is 0 Å². The Hall–Kier alpha value is -1.11. The highest BCUT2D eigenvalue weighted by Gasteiger charge is 2.51. The summed E-state index contributed by atoms with van der Waals surface area (Å²) in [5, 5.41) is 12.3. The van der Waals surface area contributed by atoms with E-state index in [1.807, 2.05) is 24.3 Å². The summed E-state index contributed by atoms with van der Waals surface area (Å²) in [6.45, 7) is 2.12. The number of carbonyl (C=O) groups is 1. The summed E-state index contributed by atoms with van der Waals surface area (Å²) in [4.78, 5) is 12.6. The van der Waals surface area contributed by atoms with E-state index >= 15 is 0 Å². The molecule has 0 unspecified atom stereocenters. The predicted molar refractivity (Wildman–Crippen MR) is 91.9 cm³/mol. The number of thioether (sulfide) groups is 1. The summed E-state index contributed by atoms with van der Waals surface area (Å²) in [5.41, 5.74) is 0.590. The zero-order valence-electron chi connectivity index (χ0n) is 12.1. The van der Waals surface area contributed by atoms with Crippen molar-refractivity contribution in [3.05, 3.63) is 34.9 Å². The van der Waals surface area contributed by atoms with Gasteiger partial charge in [-0.05, 0) is 37.0 Å². The van der Waals surface area contributed by atoms with Gasteiger partial charge in [-0.3, -0.25) is 10.1 Å². The van der Waals surface area contributed by atoms with Crippen molar-refractivity contribution in [1.29, 1.82) is 0 Å². The molecule has 0 spiro atoms. The van der Waals surface area contributed by atoms with Crippen LogP contribution in [0.1, 0.15) is 31.7 Å². The van der Waals surface area contributed by atoms with Crippen molar-refractivity contribution in [2.75, 3.05) is 11.1 Å². The molecule has 22 heavy (non-hydrogen) atoms. The largest absolute Gasteiger partial charge is 0.300 e. The fraction of sp³-hybridized carbons (Fsp3) is 0.400. The molecule has 0 bridgehead atoms. The Balaban J connectivity index is 1.69. The van der Waals surface area contributed by atoms with Crippen molar-refractivity contribution >= 4 is 45.7 Å². The minimum atomic E-state index is -0.424. The fourth-order valence-corrected chi connectivity index (χ4v) is 4.06. The third-order valence-electron chi connectivity index (χ3n) is 3.64. The summed E-state index contributed by atoms with van der Waals surface area (Å²) in [7, 11) is 0. The Labute approximate surface area is 142 Å². The molecule has 116 valence electrons. The summed E-state index contributed by atoms with van der Waals surface area (Å²) >= 11 is 9.02. The molecule has 7 heteroatoms. The quantitative estimate of drug-likeness (QED) is 0.619. The zero-order valence-corrected chi connectivity index (χ0v) is 14.5. The van der Waals surface area contributed by atoms with Crippen LogP contribution in [0.2, 0.25) is 5.02 Å². The summed E-state index contributed by atoms with van der Waals surface area (Å²) in [6.07, 6.45) is 2.80. The second-order valence-electron chi connectivity index (χ2n) is 5.26. The molecule has 0 radical (unpaired) electrons. The average Bonchev–Trinajstić information content (AvgIpc) is 3.21. The second-order valence-corrected chi connectivity index (χ2v) is 8.02. The molecule has 1 aliphatic carbocycles. The van der Waals surface area contributed by atoms with Gasteiger partial charge in [0.05, 0.1) is 5.41 Å². The van der Waals surface area contributed by atoms with Gasteiger partial charge in [-0.25, -0.2) is 0 Å². The van der Waals surface area contributed by atoms with Crippen LogP contribution in [0.5, 0.6) is 0 Å². The topological polar surface area (TPSA) is 54.9 Å². The third-order valence-corrected chi connectivity index (χ3v) is 6.07. The lowest BCUT2D eigenvalue weighted by Gasteiger charge is -2.14. The molecule has 1 heterocycles. The first-order valence-electron chi connectivity index (χ1n) is 7.18. The third kappa shape index (κ3) is 3.29. The van der Waals surface area contributed by atoms with E-state index in [4.69, 9.17) is 11.6 Å². The van der Waals surface area contributed by atoms with Gasteiger partial charge in [0.25, 0.3) is 0 Å². The molecule has 1 N–H and O–H groups in total. The maximum absolute atomic E-state index is 12.6. The minimum Gasteiger partial charge on any atom is -0.300 e. The molecule has 1 aromatic carbocycles. The maximum atomic E-state index is 12.6. The van der Waals surface area contributed by atoms with Crippen molar-refractivity contribution in [3.63, 3.8) is 0 Å². The van der Waals surface area contributed by atoms with Gasteiger partial charge in [-0.2, -0.15) is 0 Å². The highest BCUT2D eigenvalue weighted by atomic mass is 35.5. The van der Waals surface area contributed by atoms with Crippen molar-refractivity contribution in [3.8, 4) is 0 Å². The Bertz CT molecular complexity index is 668. The van der Waals surface area contributed by atoms with E-state index < -0.39 is 5.41 Å². The van der Waals surface area contributed by atoms with Crippen LogP contribution >= 0.6 is 34.7 Å². The lowest BCUT2D eigenvalue weighted by atomic mass is 9.95. The van der Waals surface area contributed by atoms with Crippen LogP contribution < -0.4 is 5.32 Å². The van der Waals surface area contributed by atoms with Crippen LogP contribution in [-0.4, -0.2) is 21.9 Å².